The molecule has 3 N–H and O–H groups in total. The van der Waals surface area contributed by atoms with Gasteiger partial charge in [0.1, 0.15) is 12.1 Å². The lowest BCUT2D eigenvalue weighted by Gasteiger charge is -2.45. The van der Waals surface area contributed by atoms with Crippen molar-refractivity contribution in [3.8, 4) is 0 Å². The maximum Gasteiger partial charge on any atom is 0.253 e. The molecule has 3 aliphatic rings. The third-order valence-electron chi connectivity index (χ3n) is 6.20. The van der Waals surface area contributed by atoms with Gasteiger partial charge >= 0.3 is 0 Å². The van der Waals surface area contributed by atoms with Crippen molar-refractivity contribution in [2.75, 3.05) is 29.9 Å². The molecule has 1 spiro atoms. The van der Waals surface area contributed by atoms with E-state index in [2.05, 4.69) is 16.0 Å². The van der Waals surface area contributed by atoms with Crippen molar-refractivity contribution in [1.82, 2.24) is 10.6 Å². The minimum atomic E-state index is -0.595. The molecule has 2 amide bonds. The van der Waals surface area contributed by atoms with Crippen LogP contribution in [0.5, 0.6) is 0 Å². The number of carbonyl (C=O) groups excluding carboxylic acids is 2. The molecule has 2 fully saturated rings. The predicted octanol–water partition coefficient (Wildman–Crippen LogP) is 2.41. The number of amides is 2. The zero-order valence-corrected chi connectivity index (χ0v) is 15.9. The summed E-state index contributed by atoms with van der Waals surface area (Å²) in [5.41, 5.74) is 1.16. The number of anilines is 2. The predicted molar refractivity (Wildman–Crippen MR) is 107 cm³/mol. The number of nitrogens with zero attached hydrogens (tertiary/aromatic N) is 1. The van der Waals surface area contributed by atoms with E-state index in [1.54, 1.807) is 4.90 Å². The summed E-state index contributed by atoms with van der Waals surface area (Å²) in [6, 6.07) is 8.07. The van der Waals surface area contributed by atoms with Crippen LogP contribution in [0.3, 0.4) is 0 Å². The Morgan fingerprint density at radius 2 is 1.81 bits per heavy atom. The van der Waals surface area contributed by atoms with E-state index in [1.807, 2.05) is 24.3 Å². The zero-order valence-electron chi connectivity index (χ0n) is 15.9. The summed E-state index contributed by atoms with van der Waals surface area (Å²) >= 11 is 0. The number of carbonyl (C=O) groups is 2. The minimum Gasteiger partial charge on any atom is -0.369 e. The molecule has 2 aliphatic heterocycles. The summed E-state index contributed by atoms with van der Waals surface area (Å²) < 4.78 is 0. The number of nitrogens with one attached hydrogen (secondary N) is 3. The number of hydrogen-bond acceptors (Lipinski definition) is 4. The van der Waals surface area contributed by atoms with Gasteiger partial charge in [-0.05, 0) is 50.9 Å². The average molecular weight is 370 g/mol. The van der Waals surface area contributed by atoms with Gasteiger partial charge in [-0.2, -0.15) is 0 Å². The van der Waals surface area contributed by atoms with Crippen LogP contribution in [-0.2, 0) is 9.59 Å². The average Bonchev–Trinajstić information content (AvgIpc) is 2.95. The van der Waals surface area contributed by atoms with Crippen molar-refractivity contribution in [3.05, 3.63) is 24.3 Å². The Morgan fingerprint density at radius 1 is 1.11 bits per heavy atom. The van der Waals surface area contributed by atoms with Crippen LogP contribution in [0.2, 0.25) is 0 Å². The summed E-state index contributed by atoms with van der Waals surface area (Å²) in [6.45, 7) is 1.72. The van der Waals surface area contributed by atoms with E-state index in [4.69, 9.17) is 0 Å². The molecule has 0 radical (unpaired) electrons. The molecule has 2 heterocycles. The van der Waals surface area contributed by atoms with Gasteiger partial charge < -0.3 is 16.0 Å². The Balaban J connectivity index is 1.52. The van der Waals surface area contributed by atoms with Crippen LogP contribution in [0, 0.1) is 0 Å². The molecule has 6 heteroatoms. The highest BCUT2D eigenvalue weighted by atomic mass is 16.2. The van der Waals surface area contributed by atoms with Crippen molar-refractivity contribution in [2.45, 2.75) is 62.9 Å². The van der Waals surface area contributed by atoms with E-state index in [-0.39, 0.29) is 24.4 Å². The highest BCUT2D eigenvalue weighted by Gasteiger charge is 2.46. The van der Waals surface area contributed by atoms with Crippen LogP contribution in [0.4, 0.5) is 11.4 Å². The molecule has 1 saturated carbocycles. The van der Waals surface area contributed by atoms with Gasteiger partial charge in [-0.25, -0.2) is 0 Å². The SMILES string of the molecule is O=C(CN1C(=O)C2(CCNCC2)Nc2ccccc21)NC1CCCCCC1. The normalized spacial score (nSPS) is 22.7. The Bertz CT molecular complexity index is 691. The van der Waals surface area contributed by atoms with Crippen molar-refractivity contribution < 1.29 is 9.59 Å². The second-order valence-corrected chi connectivity index (χ2v) is 8.12. The van der Waals surface area contributed by atoms with Crippen LogP contribution in [0.25, 0.3) is 0 Å². The van der Waals surface area contributed by atoms with Crippen LogP contribution in [0.1, 0.15) is 51.4 Å². The van der Waals surface area contributed by atoms with Gasteiger partial charge in [0.2, 0.25) is 5.91 Å². The van der Waals surface area contributed by atoms with E-state index in [1.165, 1.54) is 25.7 Å². The molecule has 146 valence electrons. The number of hydrogen-bond donors (Lipinski definition) is 3. The molecular weight excluding hydrogens is 340 g/mol. The molecular formula is C21H30N4O2. The molecule has 1 aromatic carbocycles. The Labute approximate surface area is 161 Å². The van der Waals surface area contributed by atoms with E-state index >= 15 is 0 Å². The van der Waals surface area contributed by atoms with Gasteiger partial charge in [0.05, 0.1) is 11.4 Å². The molecule has 0 bridgehead atoms. The van der Waals surface area contributed by atoms with Gasteiger partial charge in [-0.1, -0.05) is 37.8 Å². The van der Waals surface area contributed by atoms with Gasteiger partial charge in [-0.3, -0.25) is 14.5 Å². The Kier molecular flexibility index (Phi) is 5.34. The van der Waals surface area contributed by atoms with E-state index in [0.717, 1.165) is 50.1 Å². The molecule has 0 aromatic heterocycles. The monoisotopic (exact) mass is 370 g/mol. The minimum absolute atomic E-state index is 0.0266. The first-order valence-electron chi connectivity index (χ1n) is 10.4. The molecule has 0 unspecified atom stereocenters. The third kappa shape index (κ3) is 3.81. The first-order chi connectivity index (χ1) is 13.2. The highest BCUT2D eigenvalue weighted by molar-refractivity contribution is 6.10. The summed E-state index contributed by atoms with van der Waals surface area (Å²) in [5.74, 6) is -0.0187. The standard InChI is InChI=1S/C21H30N4O2/c26-19(23-16-7-3-1-2-4-8-16)15-25-18-10-6-5-9-17(18)24-21(20(25)27)11-13-22-14-12-21/h5-6,9-10,16,22,24H,1-4,7-8,11-15H2,(H,23,26). The van der Waals surface area contributed by atoms with Gasteiger partial charge in [-0.15, -0.1) is 0 Å². The topological polar surface area (TPSA) is 73.5 Å². The highest BCUT2D eigenvalue weighted by Crippen LogP contribution is 2.38. The molecule has 1 aromatic rings. The number of piperidine rings is 1. The maximum absolute atomic E-state index is 13.4. The first-order valence-corrected chi connectivity index (χ1v) is 10.4. The van der Waals surface area contributed by atoms with Crippen LogP contribution < -0.4 is 20.9 Å². The van der Waals surface area contributed by atoms with Gasteiger partial charge in [0, 0.05) is 6.04 Å². The van der Waals surface area contributed by atoms with Crippen LogP contribution >= 0.6 is 0 Å². The second-order valence-electron chi connectivity index (χ2n) is 8.12. The first kappa shape index (κ1) is 18.3. The van der Waals surface area contributed by atoms with E-state index in [0.29, 0.717) is 0 Å². The third-order valence-corrected chi connectivity index (χ3v) is 6.20. The molecule has 1 aliphatic carbocycles. The molecule has 27 heavy (non-hydrogen) atoms. The fraction of sp³-hybridized carbons (Fsp3) is 0.619. The quantitative estimate of drug-likeness (QED) is 0.715. The van der Waals surface area contributed by atoms with E-state index < -0.39 is 5.54 Å². The van der Waals surface area contributed by atoms with Crippen LogP contribution in [-0.4, -0.2) is 43.0 Å². The molecule has 1 saturated heterocycles. The molecule has 4 rings (SSSR count). The van der Waals surface area contributed by atoms with Crippen molar-refractivity contribution in [3.63, 3.8) is 0 Å². The molecule has 0 atom stereocenters. The largest absolute Gasteiger partial charge is 0.369 e. The summed E-state index contributed by atoms with van der Waals surface area (Å²) in [5, 5.41) is 10.0. The number of benzene rings is 1. The lowest BCUT2D eigenvalue weighted by molar-refractivity contribution is -0.127. The van der Waals surface area contributed by atoms with Crippen molar-refractivity contribution in [1.29, 1.82) is 0 Å². The Hall–Kier alpha value is -2.08. The fourth-order valence-corrected chi connectivity index (χ4v) is 4.68. The van der Waals surface area contributed by atoms with Crippen molar-refractivity contribution in [2.24, 2.45) is 0 Å². The lowest BCUT2D eigenvalue weighted by atomic mass is 9.84. The smallest absolute Gasteiger partial charge is 0.253 e. The van der Waals surface area contributed by atoms with Crippen molar-refractivity contribution >= 4 is 23.2 Å². The zero-order chi connectivity index (χ0) is 18.7. The number of para-hydroxylation sites is 2. The number of rotatable bonds is 3. The lowest BCUT2D eigenvalue weighted by Crippen LogP contribution is -2.62. The second kappa shape index (κ2) is 7.89. The molecule has 6 nitrogen and oxygen atoms in total. The Morgan fingerprint density at radius 3 is 2.56 bits per heavy atom. The number of fused-ring (bicyclic) bond motifs is 1. The van der Waals surface area contributed by atoms with Gasteiger partial charge in [0.15, 0.2) is 0 Å². The van der Waals surface area contributed by atoms with E-state index in [9.17, 15) is 9.59 Å². The fourth-order valence-electron chi connectivity index (χ4n) is 4.68. The van der Waals surface area contributed by atoms with Crippen LogP contribution in [0.15, 0.2) is 24.3 Å². The summed E-state index contributed by atoms with van der Waals surface area (Å²) in [7, 11) is 0. The van der Waals surface area contributed by atoms with Gasteiger partial charge in [0.25, 0.3) is 5.91 Å². The summed E-state index contributed by atoms with van der Waals surface area (Å²) in [6.07, 6.45) is 8.44. The maximum atomic E-state index is 13.4. The summed E-state index contributed by atoms with van der Waals surface area (Å²) in [4.78, 5) is 27.9.